The van der Waals surface area contributed by atoms with Crippen molar-refractivity contribution >= 4 is 11.8 Å². The Morgan fingerprint density at radius 1 is 1.29 bits per heavy atom. The number of aromatic nitrogens is 2. The van der Waals surface area contributed by atoms with E-state index in [0.29, 0.717) is 0 Å². The fourth-order valence-electron chi connectivity index (χ4n) is 1.79. The van der Waals surface area contributed by atoms with E-state index in [4.69, 9.17) is 5.73 Å². The van der Waals surface area contributed by atoms with Crippen LogP contribution >= 0.6 is 11.8 Å². The van der Waals surface area contributed by atoms with Gasteiger partial charge in [-0.25, -0.2) is 9.97 Å². The van der Waals surface area contributed by atoms with Crippen LogP contribution in [0.25, 0.3) is 0 Å². The van der Waals surface area contributed by atoms with Crippen LogP contribution in [0, 0.1) is 6.92 Å². The molecule has 0 atom stereocenters. The quantitative estimate of drug-likeness (QED) is 0.758. The zero-order chi connectivity index (χ0) is 9.76. The van der Waals surface area contributed by atoms with Gasteiger partial charge in [0.1, 0.15) is 5.82 Å². The topological polar surface area (TPSA) is 51.8 Å². The maximum atomic E-state index is 6.10. The summed E-state index contributed by atoms with van der Waals surface area (Å²) in [6.45, 7) is 2.07. The van der Waals surface area contributed by atoms with Crippen LogP contribution in [0.15, 0.2) is 0 Å². The molecule has 0 amide bonds. The highest BCUT2D eigenvalue weighted by molar-refractivity contribution is 7.98. The lowest BCUT2D eigenvalue weighted by molar-refractivity contribution is 0.660. The highest BCUT2D eigenvalue weighted by Crippen LogP contribution is 2.42. The number of thioether (sulfide) groups is 1. The third-order valence-corrected chi connectivity index (χ3v) is 3.99. The van der Waals surface area contributed by atoms with E-state index in [1.807, 2.05) is 11.8 Å². The van der Waals surface area contributed by atoms with Gasteiger partial charge < -0.3 is 5.73 Å². The van der Waals surface area contributed by atoms with Gasteiger partial charge in [0, 0.05) is 22.8 Å². The summed E-state index contributed by atoms with van der Waals surface area (Å²) in [7, 11) is 0. The van der Waals surface area contributed by atoms with Crippen LogP contribution in [-0.4, -0.2) is 9.97 Å². The summed E-state index contributed by atoms with van der Waals surface area (Å²) in [6, 6.07) is 0. The van der Waals surface area contributed by atoms with Gasteiger partial charge >= 0.3 is 0 Å². The number of aryl methyl sites for hydroxylation is 1. The van der Waals surface area contributed by atoms with Gasteiger partial charge in [-0.3, -0.25) is 0 Å². The Balaban J connectivity index is 2.12. The van der Waals surface area contributed by atoms with E-state index in [1.165, 1.54) is 11.3 Å². The van der Waals surface area contributed by atoms with Crippen LogP contribution in [0.1, 0.15) is 35.6 Å². The van der Waals surface area contributed by atoms with Crippen LogP contribution in [0.2, 0.25) is 0 Å². The van der Waals surface area contributed by atoms with Crippen LogP contribution in [0.5, 0.6) is 0 Å². The van der Waals surface area contributed by atoms with E-state index in [-0.39, 0.29) is 5.54 Å². The molecule has 0 radical (unpaired) electrons. The molecule has 1 aliphatic carbocycles. The Hall–Kier alpha value is -0.610. The molecule has 0 bridgehead atoms. The molecule has 0 unspecified atom stereocenters. The van der Waals surface area contributed by atoms with Gasteiger partial charge in [-0.2, -0.15) is 11.8 Å². The molecule has 3 nitrogen and oxygen atoms in total. The number of nitrogens with zero attached hydrogens (tertiary/aromatic N) is 2. The van der Waals surface area contributed by atoms with Crippen molar-refractivity contribution in [2.24, 2.45) is 5.73 Å². The third-order valence-electron chi connectivity index (χ3n) is 3.02. The summed E-state index contributed by atoms with van der Waals surface area (Å²) >= 11 is 1.91. The SMILES string of the molecule is Cc1nc(C2(N)CC2)nc2c1CSC2. The molecule has 0 spiro atoms. The van der Waals surface area contributed by atoms with Crippen molar-refractivity contribution in [2.75, 3.05) is 0 Å². The first-order valence-electron chi connectivity index (χ1n) is 4.92. The van der Waals surface area contributed by atoms with Crippen molar-refractivity contribution in [3.8, 4) is 0 Å². The third kappa shape index (κ3) is 1.17. The number of nitrogens with two attached hydrogens (primary N) is 1. The van der Waals surface area contributed by atoms with Gasteiger partial charge in [0.05, 0.1) is 11.2 Å². The first-order chi connectivity index (χ1) is 6.69. The number of rotatable bonds is 1. The fourth-order valence-corrected chi connectivity index (χ4v) is 2.91. The fraction of sp³-hybridized carbons (Fsp3) is 0.600. The number of hydrogen-bond acceptors (Lipinski definition) is 4. The number of fused-ring (bicyclic) bond motifs is 1. The molecule has 2 heterocycles. The largest absolute Gasteiger partial charge is 0.319 e. The van der Waals surface area contributed by atoms with E-state index >= 15 is 0 Å². The molecule has 1 aliphatic heterocycles. The molecule has 1 fully saturated rings. The lowest BCUT2D eigenvalue weighted by atomic mass is 10.2. The molecule has 2 aliphatic rings. The average molecular weight is 207 g/mol. The predicted octanol–water partition coefficient (Wildman–Crippen LogP) is 1.48. The molecule has 74 valence electrons. The molecule has 1 aromatic rings. The van der Waals surface area contributed by atoms with Gasteiger partial charge in [-0.15, -0.1) is 0 Å². The second kappa shape index (κ2) is 2.70. The highest BCUT2D eigenvalue weighted by atomic mass is 32.2. The average Bonchev–Trinajstić information content (AvgIpc) is 2.75. The van der Waals surface area contributed by atoms with Crippen molar-refractivity contribution < 1.29 is 0 Å². The maximum absolute atomic E-state index is 6.10. The monoisotopic (exact) mass is 207 g/mol. The summed E-state index contributed by atoms with van der Waals surface area (Å²) in [5.41, 5.74) is 9.60. The van der Waals surface area contributed by atoms with E-state index in [1.54, 1.807) is 0 Å². The molecule has 2 N–H and O–H groups in total. The summed E-state index contributed by atoms with van der Waals surface area (Å²) in [4.78, 5) is 9.12. The molecule has 1 aromatic heterocycles. The van der Waals surface area contributed by atoms with E-state index < -0.39 is 0 Å². The molecular formula is C10H13N3S. The smallest absolute Gasteiger partial charge is 0.148 e. The molecule has 0 saturated heterocycles. The Morgan fingerprint density at radius 2 is 2.07 bits per heavy atom. The first kappa shape index (κ1) is 8.68. The van der Waals surface area contributed by atoms with Crippen molar-refractivity contribution in [1.29, 1.82) is 0 Å². The lowest BCUT2D eigenvalue weighted by Gasteiger charge is -2.10. The lowest BCUT2D eigenvalue weighted by Crippen LogP contribution is -2.23. The van der Waals surface area contributed by atoms with Gasteiger partial charge in [0.2, 0.25) is 0 Å². The van der Waals surface area contributed by atoms with Crippen molar-refractivity contribution in [1.82, 2.24) is 9.97 Å². The molecule has 0 aromatic carbocycles. The van der Waals surface area contributed by atoms with Crippen molar-refractivity contribution in [3.05, 3.63) is 22.8 Å². The van der Waals surface area contributed by atoms with Crippen LogP contribution < -0.4 is 5.73 Å². The Morgan fingerprint density at radius 3 is 2.79 bits per heavy atom. The highest BCUT2D eigenvalue weighted by Gasteiger charge is 2.43. The van der Waals surface area contributed by atoms with E-state index in [0.717, 1.165) is 35.9 Å². The number of hydrogen-bond donors (Lipinski definition) is 1. The zero-order valence-electron chi connectivity index (χ0n) is 8.21. The zero-order valence-corrected chi connectivity index (χ0v) is 9.02. The maximum Gasteiger partial charge on any atom is 0.148 e. The van der Waals surface area contributed by atoms with Gasteiger partial charge in [0.15, 0.2) is 0 Å². The molecular weight excluding hydrogens is 194 g/mol. The van der Waals surface area contributed by atoms with Crippen LogP contribution in [-0.2, 0) is 17.0 Å². The Kier molecular flexibility index (Phi) is 1.67. The van der Waals surface area contributed by atoms with Crippen LogP contribution in [0.4, 0.5) is 0 Å². The first-order valence-corrected chi connectivity index (χ1v) is 6.08. The minimum absolute atomic E-state index is 0.187. The summed E-state index contributed by atoms with van der Waals surface area (Å²) in [5, 5.41) is 0. The van der Waals surface area contributed by atoms with Crippen molar-refractivity contribution in [3.63, 3.8) is 0 Å². The minimum Gasteiger partial charge on any atom is -0.319 e. The second-order valence-corrected chi connectivity index (χ2v) is 5.19. The summed E-state index contributed by atoms with van der Waals surface area (Å²) in [6.07, 6.45) is 2.08. The minimum atomic E-state index is -0.187. The summed E-state index contributed by atoms with van der Waals surface area (Å²) in [5.74, 6) is 2.97. The predicted molar refractivity (Wildman–Crippen MR) is 56.9 cm³/mol. The molecule has 14 heavy (non-hydrogen) atoms. The Labute approximate surface area is 87.5 Å². The molecule has 1 saturated carbocycles. The van der Waals surface area contributed by atoms with E-state index in [9.17, 15) is 0 Å². The second-order valence-electron chi connectivity index (χ2n) is 4.21. The van der Waals surface area contributed by atoms with Gasteiger partial charge in [-0.05, 0) is 19.8 Å². The van der Waals surface area contributed by atoms with E-state index in [2.05, 4.69) is 16.9 Å². The summed E-state index contributed by atoms with van der Waals surface area (Å²) < 4.78 is 0. The normalized spacial score (nSPS) is 22.1. The van der Waals surface area contributed by atoms with Gasteiger partial charge in [-0.1, -0.05) is 0 Å². The standard InChI is InChI=1S/C10H13N3S/c1-6-7-4-14-5-8(7)13-9(12-6)10(11)2-3-10/h2-5,11H2,1H3. The van der Waals surface area contributed by atoms with Crippen LogP contribution in [0.3, 0.4) is 0 Å². The Bertz CT molecular complexity index is 399. The van der Waals surface area contributed by atoms with Gasteiger partial charge in [0.25, 0.3) is 0 Å². The molecule has 4 heteroatoms. The van der Waals surface area contributed by atoms with Crippen molar-refractivity contribution in [2.45, 2.75) is 36.8 Å². The molecule has 3 rings (SSSR count).